The van der Waals surface area contributed by atoms with E-state index in [2.05, 4.69) is 13.8 Å². The second kappa shape index (κ2) is 4.73. The van der Waals surface area contributed by atoms with Gasteiger partial charge in [-0.25, -0.2) is 0 Å². The van der Waals surface area contributed by atoms with E-state index in [-0.39, 0.29) is 0 Å². The molecule has 2 rings (SSSR count). The summed E-state index contributed by atoms with van der Waals surface area (Å²) in [4.78, 5) is 11.2. The monoisotopic (exact) mass is 248 g/mol. The lowest BCUT2D eigenvalue weighted by atomic mass is 9.93. The van der Waals surface area contributed by atoms with Crippen LogP contribution >= 0.6 is 0 Å². The first-order valence-electron chi connectivity index (χ1n) is 6.47. The maximum Gasteiger partial charge on any atom is 0.314 e. The molecule has 0 bridgehead atoms. The van der Waals surface area contributed by atoms with Crippen LogP contribution in [0, 0.1) is 5.92 Å². The Labute approximate surface area is 107 Å². The predicted molar refractivity (Wildman–Crippen MR) is 69.4 cm³/mol. The minimum Gasteiger partial charge on any atom is -0.481 e. The van der Waals surface area contributed by atoms with Gasteiger partial charge in [-0.1, -0.05) is 38.1 Å². The maximum atomic E-state index is 11.2. The van der Waals surface area contributed by atoms with Crippen LogP contribution in [0.2, 0.25) is 0 Å². The van der Waals surface area contributed by atoms with Gasteiger partial charge in [-0.2, -0.15) is 0 Å². The Morgan fingerprint density at radius 1 is 1.28 bits per heavy atom. The van der Waals surface area contributed by atoms with Crippen molar-refractivity contribution in [1.82, 2.24) is 0 Å². The summed E-state index contributed by atoms with van der Waals surface area (Å²) in [5.41, 5.74) is 1.07. The number of hydrogen-bond acceptors (Lipinski definition) is 2. The molecule has 1 atom stereocenters. The molecule has 0 heterocycles. The predicted octanol–water partition coefficient (Wildman–Crippen LogP) is 2.88. The summed E-state index contributed by atoms with van der Waals surface area (Å²) in [6.07, 6.45) is 1.70. The highest BCUT2D eigenvalue weighted by Gasteiger charge is 2.51. The average molecular weight is 248 g/mol. The average Bonchev–Trinajstić information content (AvgIpc) is 3.09. The summed E-state index contributed by atoms with van der Waals surface area (Å²) in [5.74, 6) is -0.300. The fraction of sp³-hybridized carbons (Fsp3) is 0.533. The van der Waals surface area contributed by atoms with Crippen molar-refractivity contribution < 1.29 is 15.0 Å². The number of rotatable bonds is 5. The fourth-order valence-electron chi connectivity index (χ4n) is 2.36. The highest BCUT2D eigenvalue weighted by molar-refractivity contribution is 5.84. The molecular weight excluding hydrogens is 228 g/mol. The van der Waals surface area contributed by atoms with Gasteiger partial charge < -0.3 is 10.2 Å². The second-order valence-electron chi connectivity index (χ2n) is 5.65. The number of aliphatic hydroxyl groups is 1. The van der Waals surface area contributed by atoms with Crippen LogP contribution in [0.4, 0.5) is 0 Å². The molecule has 3 heteroatoms. The Morgan fingerprint density at radius 3 is 2.22 bits per heavy atom. The van der Waals surface area contributed by atoms with E-state index >= 15 is 0 Å². The summed E-state index contributed by atoms with van der Waals surface area (Å²) in [7, 11) is 0. The molecule has 1 aromatic carbocycles. The number of aliphatic hydroxyl groups excluding tert-OH is 1. The van der Waals surface area contributed by atoms with Gasteiger partial charge in [0.25, 0.3) is 0 Å². The van der Waals surface area contributed by atoms with Gasteiger partial charge >= 0.3 is 5.97 Å². The van der Waals surface area contributed by atoms with E-state index in [9.17, 15) is 15.0 Å². The fourth-order valence-corrected chi connectivity index (χ4v) is 2.36. The quantitative estimate of drug-likeness (QED) is 0.842. The summed E-state index contributed by atoms with van der Waals surface area (Å²) < 4.78 is 0. The Hall–Kier alpha value is -1.35. The van der Waals surface area contributed by atoms with Crippen LogP contribution in [0.1, 0.15) is 50.3 Å². The molecule has 1 aromatic rings. The van der Waals surface area contributed by atoms with Gasteiger partial charge in [0.1, 0.15) is 0 Å². The Balaban J connectivity index is 2.13. The normalized spacial score (nSPS) is 18.7. The van der Waals surface area contributed by atoms with Crippen molar-refractivity contribution in [3.63, 3.8) is 0 Å². The molecule has 0 aliphatic heterocycles. The van der Waals surface area contributed by atoms with Crippen molar-refractivity contribution in [3.8, 4) is 0 Å². The van der Waals surface area contributed by atoms with E-state index < -0.39 is 17.5 Å². The topological polar surface area (TPSA) is 57.5 Å². The van der Waals surface area contributed by atoms with Gasteiger partial charge in [0, 0.05) is 0 Å². The molecule has 1 unspecified atom stereocenters. The van der Waals surface area contributed by atoms with E-state index in [0.717, 1.165) is 30.4 Å². The molecule has 2 N–H and O–H groups in total. The lowest BCUT2D eigenvalue weighted by molar-refractivity contribution is -0.140. The van der Waals surface area contributed by atoms with Gasteiger partial charge in [-0.05, 0) is 36.3 Å². The van der Waals surface area contributed by atoms with Crippen LogP contribution in [0.15, 0.2) is 24.3 Å². The SMILES string of the molecule is CC(C)CC(O)c1ccc(C2(C(=O)O)CC2)cc1. The number of benzene rings is 1. The molecule has 98 valence electrons. The van der Waals surface area contributed by atoms with Crippen molar-refractivity contribution in [3.05, 3.63) is 35.4 Å². The molecule has 0 amide bonds. The van der Waals surface area contributed by atoms with Crippen molar-refractivity contribution in [1.29, 1.82) is 0 Å². The third-order valence-corrected chi connectivity index (χ3v) is 3.70. The molecule has 1 aliphatic carbocycles. The lowest BCUT2D eigenvalue weighted by Gasteiger charge is -2.15. The smallest absolute Gasteiger partial charge is 0.314 e. The summed E-state index contributed by atoms with van der Waals surface area (Å²) in [6.45, 7) is 4.14. The molecule has 1 saturated carbocycles. The van der Waals surface area contributed by atoms with E-state index in [4.69, 9.17) is 0 Å². The molecule has 1 fully saturated rings. The first-order chi connectivity index (χ1) is 8.45. The van der Waals surface area contributed by atoms with Crippen LogP contribution in [0.25, 0.3) is 0 Å². The summed E-state index contributed by atoms with van der Waals surface area (Å²) in [5, 5.41) is 19.2. The molecule has 0 saturated heterocycles. The lowest BCUT2D eigenvalue weighted by Crippen LogP contribution is -2.19. The standard InChI is InChI=1S/C15H20O3/c1-10(2)9-13(16)11-3-5-12(6-4-11)15(7-8-15)14(17)18/h3-6,10,13,16H,7-9H2,1-2H3,(H,17,18). The van der Waals surface area contributed by atoms with Crippen LogP contribution in [-0.2, 0) is 10.2 Å². The van der Waals surface area contributed by atoms with Gasteiger partial charge in [0.05, 0.1) is 11.5 Å². The zero-order valence-electron chi connectivity index (χ0n) is 10.9. The zero-order valence-corrected chi connectivity index (χ0v) is 10.9. The number of carbonyl (C=O) groups is 1. The van der Waals surface area contributed by atoms with Crippen LogP contribution in [0.5, 0.6) is 0 Å². The van der Waals surface area contributed by atoms with Crippen LogP contribution < -0.4 is 0 Å². The Kier molecular flexibility index (Phi) is 3.44. The van der Waals surface area contributed by atoms with E-state index in [1.807, 2.05) is 24.3 Å². The minimum absolute atomic E-state index is 0.438. The van der Waals surface area contributed by atoms with Crippen molar-refractivity contribution in [2.45, 2.75) is 44.6 Å². The molecule has 0 aromatic heterocycles. The summed E-state index contributed by atoms with van der Waals surface area (Å²) >= 11 is 0. The van der Waals surface area contributed by atoms with Gasteiger partial charge in [0.15, 0.2) is 0 Å². The van der Waals surface area contributed by atoms with E-state index in [1.54, 1.807) is 0 Å². The van der Waals surface area contributed by atoms with Crippen molar-refractivity contribution in [2.24, 2.45) is 5.92 Å². The van der Waals surface area contributed by atoms with E-state index in [1.165, 1.54) is 0 Å². The molecule has 18 heavy (non-hydrogen) atoms. The number of aliphatic carboxylic acids is 1. The molecular formula is C15H20O3. The van der Waals surface area contributed by atoms with Crippen LogP contribution in [0.3, 0.4) is 0 Å². The molecule has 0 radical (unpaired) electrons. The third kappa shape index (κ3) is 2.41. The number of carboxylic acid groups (broad SMARTS) is 1. The second-order valence-corrected chi connectivity index (χ2v) is 5.65. The van der Waals surface area contributed by atoms with Crippen molar-refractivity contribution >= 4 is 5.97 Å². The number of carboxylic acids is 1. The molecule has 1 aliphatic rings. The van der Waals surface area contributed by atoms with Crippen LogP contribution in [-0.4, -0.2) is 16.2 Å². The third-order valence-electron chi connectivity index (χ3n) is 3.70. The molecule has 0 spiro atoms. The van der Waals surface area contributed by atoms with Gasteiger partial charge in [-0.15, -0.1) is 0 Å². The maximum absolute atomic E-state index is 11.2. The molecule has 3 nitrogen and oxygen atoms in total. The van der Waals surface area contributed by atoms with Gasteiger partial charge in [-0.3, -0.25) is 4.79 Å². The Bertz CT molecular complexity index is 430. The highest BCUT2D eigenvalue weighted by atomic mass is 16.4. The zero-order chi connectivity index (χ0) is 13.3. The first kappa shape index (κ1) is 13.1. The minimum atomic E-state index is -0.738. The van der Waals surface area contributed by atoms with Crippen molar-refractivity contribution in [2.75, 3.05) is 0 Å². The van der Waals surface area contributed by atoms with Gasteiger partial charge in [0.2, 0.25) is 0 Å². The number of hydrogen-bond donors (Lipinski definition) is 2. The van der Waals surface area contributed by atoms with E-state index in [0.29, 0.717) is 5.92 Å². The highest BCUT2D eigenvalue weighted by Crippen LogP contribution is 2.48. The largest absolute Gasteiger partial charge is 0.481 e. The summed E-state index contributed by atoms with van der Waals surface area (Å²) in [6, 6.07) is 7.40. The first-order valence-corrected chi connectivity index (χ1v) is 6.47. The Morgan fingerprint density at radius 2 is 1.83 bits per heavy atom.